The van der Waals surface area contributed by atoms with E-state index in [0.717, 1.165) is 37.4 Å². The summed E-state index contributed by atoms with van der Waals surface area (Å²) in [5.41, 5.74) is 1.20. The molecule has 1 aliphatic heterocycles. The monoisotopic (exact) mass is 354 g/mol. The Balaban J connectivity index is 1.38. The second-order valence-electron chi connectivity index (χ2n) is 6.49. The van der Waals surface area contributed by atoms with E-state index in [0.29, 0.717) is 11.9 Å². The molecule has 0 radical (unpaired) electrons. The minimum Gasteiger partial charge on any atom is -0.387 e. The van der Waals surface area contributed by atoms with Crippen molar-refractivity contribution in [1.29, 1.82) is 0 Å². The van der Waals surface area contributed by atoms with Crippen LogP contribution in [-0.4, -0.2) is 37.6 Å². The Morgan fingerprint density at radius 3 is 2.64 bits per heavy atom. The van der Waals surface area contributed by atoms with Crippen molar-refractivity contribution in [2.24, 2.45) is 5.92 Å². The van der Waals surface area contributed by atoms with Crippen LogP contribution < -0.4 is 0 Å². The van der Waals surface area contributed by atoms with Gasteiger partial charge in [-0.25, -0.2) is 9.97 Å². The van der Waals surface area contributed by atoms with Gasteiger partial charge in [0.15, 0.2) is 0 Å². The Morgan fingerprint density at radius 2 is 1.92 bits per heavy atom. The van der Waals surface area contributed by atoms with Crippen molar-refractivity contribution < 1.29 is 5.11 Å². The summed E-state index contributed by atoms with van der Waals surface area (Å²) in [6, 6.07) is 10.0. The molecule has 4 rings (SSSR count). The number of likely N-dealkylation sites (tertiary alicyclic amines) is 1. The molecular weight excluding hydrogens is 332 g/mol. The summed E-state index contributed by atoms with van der Waals surface area (Å²) < 4.78 is 2.05. The molecule has 0 unspecified atom stereocenters. The molecule has 0 amide bonds. The zero-order valence-corrected chi connectivity index (χ0v) is 14.8. The molecule has 1 atom stereocenters. The summed E-state index contributed by atoms with van der Waals surface area (Å²) in [5.74, 6) is 1.07. The van der Waals surface area contributed by atoms with Gasteiger partial charge in [-0.15, -0.1) is 11.3 Å². The highest BCUT2D eigenvalue weighted by atomic mass is 32.1. The molecule has 3 aromatic heterocycles. The normalized spacial score (nSPS) is 17.6. The summed E-state index contributed by atoms with van der Waals surface area (Å²) in [4.78, 5) is 12.2. The lowest BCUT2D eigenvalue weighted by molar-refractivity contribution is 0.0586. The first-order valence-electron chi connectivity index (χ1n) is 8.69. The number of piperidine rings is 1. The fourth-order valence-corrected chi connectivity index (χ4v) is 4.31. The van der Waals surface area contributed by atoms with Gasteiger partial charge in [-0.3, -0.25) is 9.47 Å². The Kier molecular flexibility index (Phi) is 4.92. The highest BCUT2D eigenvalue weighted by Crippen LogP contribution is 2.33. The number of rotatable bonds is 5. The Labute approximate surface area is 151 Å². The largest absolute Gasteiger partial charge is 0.387 e. The Morgan fingerprint density at radius 1 is 1.12 bits per heavy atom. The van der Waals surface area contributed by atoms with E-state index in [1.807, 2.05) is 40.4 Å². The highest BCUT2D eigenvalue weighted by molar-refractivity contribution is 7.10. The number of aliphatic hydroxyl groups excluding tert-OH is 1. The molecule has 1 saturated heterocycles. The van der Waals surface area contributed by atoms with Crippen LogP contribution in [0.1, 0.15) is 29.5 Å². The predicted molar refractivity (Wildman–Crippen MR) is 98.6 cm³/mol. The molecule has 0 aromatic carbocycles. The molecule has 1 fully saturated rings. The van der Waals surface area contributed by atoms with Crippen molar-refractivity contribution in [2.75, 3.05) is 13.1 Å². The second-order valence-corrected chi connectivity index (χ2v) is 7.47. The van der Waals surface area contributed by atoms with Gasteiger partial charge in [-0.1, -0.05) is 6.07 Å². The molecular formula is C19H22N4OS. The third kappa shape index (κ3) is 3.66. The third-order valence-corrected chi connectivity index (χ3v) is 5.84. The average molecular weight is 354 g/mol. The summed E-state index contributed by atoms with van der Waals surface area (Å²) in [6.45, 7) is 2.90. The molecule has 25 heavy (non-hydrogen) atoms. The lowest BCUT2D eigenvalue weighted by Crippen LogP contribution is -2.35. The van der Waals surface area contributed by atoms with Crippen molar-refractivity contribution in [3.05, 3.63) is 64.9 Å². The van der Waals surface area contributed by atoms with Crippen LogP contribution in [0.3, 0.4) is 0 Å². The first-order valence-corrected chi connectivity index (χ1v) is 9.56. The van der Waals surface area contributed by atoms with Crippen LogP contribution in [0.4, 0.5) is 0 Å². The molecule has 0 aliphatic carbocycles. The van der Waals surface area contributed by atoms with E-state index in [4.69, 9.17) is 0 Å². The lowest BCUT2D eigenvalue weighted by atomic mass is 9.90. The Bertz CT molecular complexity index is 779. The van der Waals surface area contributed by atoms with Gasteiger partial charge in [0.25, 0.3) is 0 Å². The molecule has 0 spiro atoms. The van der Waals surface area contributed by atoms with Gasteiger partial charge < -0.3 is 5.11 Å². The van der Waals surface area contributed by atoms with E-state index in [-0.39, 0.29) is 6.10 Å². The van der Waals surface area contributed by atoms with E-state index in [9.17, 15) is 5.11 Å². The fourth-order valence-electron chi connectivity index (χ4n) is 3.50. The van der Waals surface area contributed by atoms with Gasteiger partial charge in [0.2, 0.25) is 5.95 Å². The van der Waals surface area contributed by atoms with Crippen LogP contribution in [0.5, 0.6) is 0 Å². The number of nitrogens with zero attached hydrogens (tertiary/aromatic N) is 4. The molecule has 1 aliphatic rings. The number of hydrogen-bond donors (Lipinski definition) is 1. The van der Waals surface area contributed by atoms with E-state index >= 15 is 0 Å². The predicted octanol–water partition coefficient (Wildman–Crippen LogP) is 3.27. The number of hydrogen-bond acceptors (Lipinski definition) is 5. The highest BCUT2D eigenvalue weighted by Gasteiger charge is 2.27. The zero-order valence-electron chi connectivity index (χ0n) is 14.0. The van der Waals surface area contributed by atoms with Gasteiger partial charge in [-0.05, 0) is 61.5 Å². The minimum absolute atomic E-state index is 0.316. The van der Waals surface area contributed by atoms with Crippen molar-refractivity contribution in [2.45, 2.75) is 25.5 Å². The van der Waals surface area contributed by atoms with Crippen molar-refractivity contribution >= 4 is 11.3 Å². The average Bonchev–Trinajstić information content (AvgIpc) is 3.35. The smallest absolute Gasteiger partial charge is 0.233 e. The molecule has 4 heterocycles. The maximum absolute atomic E-state index is 10.5. The second kappa shape index (κ2) is 7.47. The van der Waals surface area contributed by atoms with Crippen molar-refractivity contribution in [3.63, 3.8) is 0 Å². The number of aliphatic hydroxyl groups is 1. The van der Waals surface area contributed by atoms with Crippen molar-refractivity contribution in [3.8, 4) is 5.95 Å². The fraction of sp³-hybridized carbons (Fsp3) is 0.368. The zero-order chi connectivity index (χ0) is 17.1. The van der Waals surface area contributed by atoms with E-state index in [1.165, 1.54) is 5.69 Å². The molecule has 3 aromatic rings. The van der Waals surface area contributed by atoms with Crippen LogP contribution in [0.25, 0.3) is 5.95 Å². The van der Waals surface area contributed by atoms with Crippen LogP contribution in [0.15, 0.2) is 54.3 Å². The van der Waals surface area contributed by atoms with E-state index in [2.05, 4.69) is 20.9 Å². The number of thiophene rings is 1. The summed E-state index contributed by atoms with van der Waals surface area (Å²) >= 11 is 1.65. The lowest BCUT2D eigenvalue weighted by Gasteiger charge is -2.34. The summed E-state index contributed by atoms with van der Waals surface area (Å²) in [6.07, 6.45) is 7.29. The topological polar surface area (TPSA) is 54.2 Å². The third-order valence-electron chi connectivity index (χ3n) is 4.90. The van der Waals surface area contributed by atoms with Gasteiger partial charge in [0.1, 0.15) is 0 Å². The van der Waals surface area contributed by atoms with Gasteiger partial charge in [0, 0.05) is 35.7 Å². The molecule has 130 valence electrons. The van der Waals surface area contributed by atoms with Crippen LogP contribution in [0, 0.1) is 5.92 Å². The van der Waals surface area contributed by atoms with E-state index < -0.39 is 0 Å². The summed E-state index contributed by atoms with van der Waals surface area (Å²) in [7, 11) is 0. The van der Waals surface area contributed by atoms with Crippen LogP contribution >= 0.6 is 11.3 Å². The van der Waals surface area contributed by atoms with E-state index in [1.54, 1.807) is 23.7 Å². The van der Waals surface area contributed by atoms with Gasteiger partial charge in [0.05, 0.1) is 6.10 Å². The van der Waals surface area contributed by atoms with Gasteiger partial charge in [-0.2, -0.15) is 0 Å². The first kappa shape index (κ1) is 16.4. The standard InChI is InChI=1S/C19H22N4OS/c24-18(17-5-2-13-25-17)15-6-11-22(12-7-15)14-16-4-1-10-23(16)19-20-8-3-9-21-19/h1-5,8-10,13,15,18,24H,6-7,11-12,14H2/t18-/m1/s1. The first-order chi connectivity index (χ1) is 12.3. The quantitative estimate of drug-likeness (QED) is 0.764. The molecule has 6 heteroatoms. The SMILES string of the molecule is O[C@@H](c1cccs1)C1CCN(Cc2cccn2-c2ncccn2)CC1. The molecule has 5 nitrogen and oxygen atoms in total. The molecule has 0 saturated carbocycles. The summed E-state index contributed by atoms with van der Waals surface area (Å²) in [5, 5.41) is 12.6. The molecule has 0 bridgehead atoms. The number of aromatic nitrogens is 3. The maximum atomic E-state index is 10.5. The van der Waals surface area contributed by atoms with Crippen LogP contribution in [-0.2, 0) is 6.54 Å². The Hall–Kier alpha value is -2.02. The molecule has 1 N–H and O–H groups in total. The van der Waals surface area contributed by atoms with Gasteiger partial charge >= 0.3 is 0 Å². The minimum atomic E-state index is -0.316. The van der Waals surface area contributed by atoms with Crippen molar-refractivity contribution in [1.82, 2.24) is 19.4 Å². The van der Waals surface area contributed by atoms with Crippen LogP contribution in [0.2, 0.25) is 0 Å². The maximum Gasteiger partial charge on any atom is 0.233 e.